The highest BCUT2D eigenvalue weighted by Gasteiger charge is 2.23. The fraction of sp³-hybridized carbons (Fsp3) is 0.250. The van der Waals surface area contributed by atoms with E-state index >= 15 is 0 Å². The molecule has 2 aromatic heterocycles. The van der Waals surface area contributed by atoms with Gasteiger partial charge in [0.15, 0.2) is 18.1 Å². The minimum absolute atomic E-state index is 0.102. The van der Waals surface area contributed by atoms with Gasteiger partial charge in [0.1, 0.15) is 5.75 Å². The highest BCUT2D eigenvalue weighted by molar-refractivity contribution is 5.89. The summed E-state index contributed by atoms with van der Waals surface area (Å²) in [6.45, 7) is 5.58. The summed E-state index contributed by atoms with van der Waals surface area (Å²) in [6, 6.07) is 15.9. The standard InChI is InChI=1S/C24H23N3O6/c1-14(2)16-5-7-17(8-6-16)18-9-11-19(12-10-18)32-22-21(25-26-27(22)4)23(28)30-13-20-15(3)31-24(29)33-20/h5-12,14H,13H2,1-4H3. The number of rotatable bonds is 7. The second-order valence-electron chi connectivity index (χ2n) is 7.78. The average Bonchev–Trinajstić information content (AvgIpc) is 3.33. The van der Waals surface area contributed by atoms with Gasteiger partial charge in [-0.3, -0.25) is 0 Å². The molecule has 0 amide bonds. The maximum Gasteiger partial charge on any atom is 0.519 e. The number of hydrogen-bond acceptors (Lipinski definition) is 8. The van der Waals surface area contributed by atoms with Gasteiger partial charge in [-0.2, -0.15) is 0 Å². The third kappa shape index (κ3) is 4.87. The van der Waals surface area contributed by atoms with Crippen LogP contribution in [0.5, 0.6) is 11.6 Å². The number of aryl methyl sites for hydroxylation is 2. The third-order valence-corrected chi connectivity index (χ3v) is 5.12. The van der Waals surface area contributed by atoms with E-state index in [0.717, 1.165) is 11.1 Å². The van der Waals surface area contributed by atoms with Gasteiger partial charge in [0.2, 0.25) is 5.69 Å². The van der Waals surface area contributed by atoms with Gasteiger partial charge in [0, 0.05) is 7.05 Å². The van der Waals surface area contributed by atoms with E-state index in [1.54, 1.807) is 19.2 Å². The summed E-state index contributed by atoms with van der Waals surface area (Å²) in [5.41, 5.74) is 3.32. The Bertz CT molecular complexity index is 1310. The van der Waals surface area contributed by atoms with Gasteiger partial charge in [-0.1, -0.05) is 55.5 Å². The molecule has 4 aromatic rings. The van der Waals surface area contributed by atoms with E-state index in [1.807, 2.05) is 12.1 Å². The molecule has 0 saturated heterocycles. The Morgan fingerprint density at radius 3 is 2.24 bits per heavy atom. The van der Waals surface area contributed by atoms with Crippen molar-refractivity contribution in [2.24, 2.45) is 7.05 Å². The van der Waals surface area contributed by atoms with Crippen LogP contribution in [0.1, 0.15) is 47.3 Å². The maximum absolute atomic E-state index is 12.5. The van der Waals surface area contributed by atoms with Crippen LogP contribution in [0, 0.1) is 6.92 Å². The van der Waals surface area contributed by atoms with E-state index in [-0.39, 0.29) is 29.7 Å². The lowest BCUT2D eigenvalue weighted by molar-refractivity contribution is 0.0432. The first-order valence-corrected chi connectivity index (χ1v) is 10.4. The topological polar surface area (TPSA) is 110 Å². The smallest absolute Gasteiger partial charge is 0.452 e. The molecule has 0 aliphatic heterocycles. The molecular formula is C24H23N3O6. The Kier molecular flexibility index (Phi) is 6.12. The van der Waals surface area contributed by atoms with Crippen molar-refractivity contribution in [1.82, 2.24) is 15.0 Å². The van der Waals surface area contributed by atoms with Gasteiger partial charge in [-0.15, -0.1) is 5.10 Å². The summed E-state index contributed by atoms with van der Waals surface area (Å²) in [4.78, 5) is 23.6. The lowest BCUT2D eigenvalue weighted by Gasteiger charge is -2.09. The molecule has 0 unspecified atom stereocenters. The molecule has 2 aromatic carbocycles. The zero-order valence-corrected chi connectivity index (χ0v) is 18.7. The molecule has 33 heavy (non-hydrogen) atoms. The number of hydrogen-bond donors (Lipinski definition) is 0. The monoisotopic (exact) mass is 449 g/mol. The number of carbonyl (C=O) groups is 1. The SMILES string of the molecule is Cc1oc(=O)oc1COC(=O)c1nnn(C)c1Oc1ccc(-c2ccc(C(C)C)cc2)cc1. The van der Waals surface area contributed by atoms with Gasteiger partial charge in [0.25, 0.3) is 5.88 Å². The fourth-order valence-corrected chi connectivity index (χ4v) is 3.18. The van der Waals surface area contributed by atoms with Crippen molar-refractivity contribution in [1.29, 1.82) is 0 Å². The van der Waals surface area contributed by atoms with Crippen molar-refractivity contribution in [3.05, 3.63) is 81.9 Å². The number of ether oxygens (including phenoxy) is 2. The molecule has 9 nitrogen and oxygen atoms in total. The minimum Gasteiger partial charge on any atom is -0.452 e. The second kappa shape index (κ2) is 9.15. The Hall–Kier alpha value is -4.14. The molecule has 9 heteroatoms. The largest absolute Gasteiger partial charge is 0.519 e. The van der Waals surface area contributed by atoms with Crippen LogP contribution < -0.4 is 10.6 Å². The van der Waals surface area contributed by atoms with Gasteiger partial charge >= 0.3 is 11.8 Å². The van der Waals surface area contributed by atoms with Crippen molar-refractivity contribution in [3.8, 4) is 22.8 Å². The van der Waals surface area contributed by atoms with Gasteiger partial charge in [-0.05, 0) is 41.7 Å². The number of carbonyl (C=O) groups excluding carboxylic acids is 1. The Morgan fingerprint density at radius 2 is 1.67 bits per heavy atom. The highest BCUT2D eigenvalue weighted by Crippen LogP contribution is 2.28. The molecular weight excluding hydrogens is 426 g/mol. The molecule has 0 spiro atoms. The van der Waals surface area contributed by atoms with Crippen LogP contribution in [0.2, 0.25) is 0 Å². The molecule has 0 aliphatic rings. The molecule has 0 radical (unpaired) electrons. The van der Waals surface area contributed by atoms with Crippen LogP contribution >= 0.6 is 0 Å². The number of aromatic nitrogens is 3. The molecule has 0 bridgehead atoms. The minimum atomic E-state index is -0.860. The van der Waals surface area contributed by atoms with E-state index in [9.17, 15) is 9.59 Å². The van der Waals surface area contributed by atoms with E-state index in [4.69, 9.17) is 18.3 Å². The lowest BCUT2D eigenvalue weighted by atomic mass is 9.99. The van der Waals surface area contributed by atoms with E-state index < -0.39 is 11.8 Å². The van der Waals surface area contributed by atoms with Crippen LogP contribution in [-0.4, -0.2) is 21.0 Å². The first-order chi connectivity index (χ1) is 15.8. The molecule has 0 fully saturated rings. The van der Waals surface area contributed by atoms with Crippen LogP contribution in [0.25, 0.3) is 11.1 Å². The summed E-state index contributed by atoms with van der Waals surface area (Å²) in [7, 11) is 1.60. The first kappa shape index (κ1) is 22.1. The van der Waals surface area contributed by atoms with Gasteiger partial charge < -0.3 is 18.3 Å². The summed E-state index contributed by atoms with van der Waals surface area (Å²) < 4.78 is 21.9. The Labute approximate surface area is 189 Å². The molecule has 0 saturated carbocycles. The summed E-state index contributed by atoms with van der Waals surface area (Å²) in [6.07, 6.45) is 0. The molecule has 0 N–H and O–H groups in total. The summed E-state index contributed by atoms with van der Waals surface area (Å²) >= 11 is 0. The predicted molar refractivity (Wildman–Crippen MR) is 118 cm³/mol. The third-order valence-electron chi connectivity index (χ3n) is 5.12. The second-order valence-corrected chi connectivity index (χ2v) is 7.78. The van der Waals surface area contributed by atoms with Crippen LogP contribution in [0.15, 0.2) is 62.2 Å². The van der Waals surface area contributed by atoms with Crippen LogP contribution in [0.4, 0.5) is 0 Å². The summed E-state index contributed by atoms with van der Waals surface area (Å²) in [5.74, 6) is -0.165. The van der Waals surface area contributed by atoms with Crippen LogP contribution in [-0.2, 0) is 18.4 Å². The zero-order chi connectivity index (χ0) is 23.5. The lowest BCUT2D eigenvalue weighted by Crippen LogP contribution is -2.08. The Balaban J connectivity index is 1.47. The molecule has 0 atom stereocenters. The van der Waals surface area contributed by atoms with Crippen molar-refractivity contribution < 1.29 is 23.1 Å². The number of esters is 1. The van der Waals surface area contributed by atoms with Crippen molar-refractivity contribution in [3.63, 3.8) is 0 Å². The quantitative estimate of drug-likeness (QED) is 0.376. The predicted octanol–water partition coefficient (Wildman–Crippen LogP) is 4.61. The van der Waals surface area contributed by atoms with Crippen molar-refractivity contribution in [2.75, 3.05) is 0 Å². The van der Waals surface area contributed by atoms with Gasteiger partial charge in [0.05, 0.1) is 0 Å². The van der Waals surface area contributed by atoms with E-state index in [1.165, 1.54) is 17.2 Å². The van der Waals surface area contributed by atoms with E-state index in [2.05, 4.69) is 48.4 Å². The molecule has 170 valence electrons. The highest BCUT2D eigenvalue weighted by atomic mass is 16.6. The normalized spacial score (nSPS) is 11.1. The maximum atomic E-state index is 12.5. The first-order valence-electron chi connectivity index (χ1n) is 10.4. The average molecular weight is 449 g/mol. The van der Waals surface area contributed by atoms with Crippen molar-refractivity contribution in [2.45, 2.75) is 33.3 Å². The number of benzene rings is 2. The van der Waals surface area contributed by atoms with Crippen molar-refractivity contribution >= 4 is 5.97 Å². The molecule has 2 heterocycles. The fourth-order valence-electron chi connectivity index (χ4n) is 3.18. The van der Waals surface area contributed by atoms with Gasteiger partial charge in [-0.25, -0.2) is 14.3 Å². The zero-order valence-electron chi connectivity index (χ0n) is 18.7. The molecule has 4 rings (SSSR count). The van der Waals surface area contributed by atoms with Crippen LogP contribution in [0.3, 0.4) is 0 Å². The molecule has 0 aliphatic carbocycles. The Morgan fingerprint density at radius 1 is 1.03 bits per heavy atom. The number of nitrogens with zero attached hydrogens (tertiary/aromatic N) is 3. The van der Waals surface area contributed by atoms with E-state index in [0.29, 0.717) is 11.7 Å². The summed E-state index contributed by atoms with van der Waals surface area (Å²) in [5, 5.41) is 7.68.